The fraction of sp³-hybridized carbons (Fsp3) is 0.107. The topological polar surface area (TPSA) is 3.88 Å². The van der Waals surface area contributed by atoms with E-state index in [1.165, 1.54) is 44.8 Å². The van der Waals surface area contributed by atoms with Crippen LogP contribution in [0.15, 0.2) is 104 Å². The largest absolute Gasteiger partial charge is 0.673 e. The Morgan fingerprint density at radius 1 is 0.735 bits per heavy atom. The minimum Gasteiger partial charge on any atom is -0.418 e. The number of aryl methyl sites for hydroxylation is 1. The third kappa shape index (κ3) is 5.28. The highest BCUT2D eigenvalue weighted by atomic mass is 19.5. The number of hydrogen-bond donors (Lipinski definition) is 0. The van der Waals surface area contributed by atoms with Gasteiger partial charge in [-0.2, -0.15) is 4.57 Å². The number of hydrogen-bond acceptors (Lipinski definition) is 0. The number of benzene rings is 3. The molecule has 0 aliphatic heterocycles. The van der Waals surface area contributed by atoms with Crippen LogP contribution in [0.4, 0.5) is 17.3 Å². The van der Waals surface area contributed by atoms with Gasteiger partial charge < -0.3 is 17.3 Å². The first-order valence-corrected chi connectivity index (χ1v) is 11.1. The molecule has 1 aliphatic carbocycles. The monoisotopic (exact) mass is 461 g/mol. The Morgan fingerprint density at radius 3 is 1.91 bits per heavy atom. The van der Waals surface area contributed by atoms with Crippen LogP contribution < -0.4 is 4.57 Å². The average molecular weight is 461 g/mol. The van der Waals surface area contributed by atoms with E-state index in [1.54, 1.807) is 0 Å². The molecule has 0 atom stereocenters. The summed E-state index contributed by atoms with van der Waals surface area (Å²) >= 11 is 0. The molecule has 0 unspecified atom stereocenters. The van der Waals surface area contributed by atoms with Gasteiger partial charge in [0.05, 0.1) is 0 Å². The van der Waals surface area contributed by atoms with Crippen LogP contribution in [0.1, 0.15) is 11.1 Å². The Morgan fingerprint density at radius 2 is 1.29 bits per heavy atom. The first-order valence-electron chi connectivity index (χ1n) is 11.1. The van der Waals surface area contributed by atoms with Crippen molar-refractivity contribution >= 4 is 7.25 Å². The van der Waals surface area contributed by atoms with Crippen LogP contribution >= 0.6 is 0 Å². The molecule has 0 bridgehead atoms. The van der Waals surface area contributed by atoms with Crippen molar-refractivity contribution in [3.63, 3.8) is 0 Å². The molecule has 0 fully saturated rings. The zero-order chi connectivity index (χ0) is 24.1. The molecule has 5 rings (SSSR count). The lowest BCUT2D eigenvalue weighted by molar-refractivity contribution is -0.665. The number of fused-ring (bicyclic) bond motifs is 3. The van der Waals surface area contributed by atoms with Gasteiger partial charge in [0.25, 0.3) is 0 Å². The molecule has 4 aromatic rings. The zero-order valence-electron chi connectivity index (χ0n) is 18.6. The Hall–Kier alpha value is -3.67. The molecule has 0 saturated carbocycles. The zero-order valence-corrected chi connectivity index (χ0v) is 18.6. The maximum Gasteiger partial charge on any atom is 0.673 e. The fourth-order valence-electron chi connectivity index (χ4n) is 4.54. The number of allylic oxidation sites excluding steroid dienone is 1. The van der Waals surface area contributed by atoms with E-state index in [2.05, 4.69) is 102 Å². The molecule has 34 heavy (non-hydrogen) atoms. The van der Waals surface area contributed by atoms with Gasteiger partial charge in [0.15, 0.2) is 6.54 Å². The summed E-state index contributed by atoms with van der Waals surface area (Å²) in [6, 6.07) is 32.7. The minimum atomic E-state index is -6.00. The van der Waals surface area contributed by atoms with Crippen molar-refractivity contribution in [2.75, 3.05) is 0 Å². The third-order valence-corrected chi connectivity index (χ3v) is 5.84. The van der Waals surface area contributed by atoms with E-state index in [0.717, 1.165) is 19.4 Å². The van der Waals surface area contributed by atoms with Crippen molar-refractivity contribution in [3.05, 3.63) is 115 Å². The molecule has 6 heteroatoms. The Kier molecular flexibility index (Phi) is 6.97. The normalized spacial score (nSPS) is 12.1. The third-order valence-electron chi connectivity index (χ3n) is 5.84. The molecule has 1 nitrogen and oxygen atoms in total. The second-order valence-electron chi connectivity index (χ2n) is 8.05. The predicted molar refractivity (Wildman–Crippen MR) is 131 cm³/mol. The molecule has 1 heterocycles. The van der Waals surface area contributed by atoms with E-state index < -0.39 is 7.25 Å². The summed E-state index contributed by atoms with van der Waals surface area (Å²) in [5.41, 5.74) is 10.7. The fourth-order valence-corrected chi connectivity index (χ4v) is 4.54. The smallest absolute Gasteiger partial charge is 0.418 e. The Balaban J connectivity index is 0.000000499. The van der Waals surface area contributed by atoms with Gasteiger partial charge in [0, 0.05) is 22.8 Å². The van der Waals surface area contributed by atoms with Crippen LogP contribution in [-0.2, 0) is 19.4 Å². The van der Waals surface area contributed by atoms with Crippen LogP contribution in [0.25, 0.3) is 33.6 Å². The molecule has 1 aromatic heterocycles. The first kappa shape index (κ1) is 23.5. The van der Waals surface area contributed by atoms with Crippen LogP contribution in [-0.4, -0.2) is 7.25 Å². The number of halogens is 4. The van der Waals surface area contributed by atoms with Crippen molar-refractivity contribution in [3.8, 4) is 33.6 Å². The van der Waals surface area contributed by atoms with E-state index in [9.17, 15) is 17.3 Å². The summed E-state index contributed by atoms with van der Waals surface area (Å²) < 4.78 is 41.4. The van der Waals surface area contributed by atoms with Gasteiger partial charge in [0.1, 0.15) is 0 Å². The van der Waals surface area contributed by atoms with Gasteiger partial charge in [-0.1, -0.05) is 73.3 Å². The maximum absolute atomic E-state index is 9.75. The summed E-state index contributed by atoms with van der Waals surface area (Å²) in [4.78, 5) is 0. The number of pyridine rings is 1. The van der Waals surface area contributed by atoms with Crippen molar-refractivity contribution in [2.45, 2.75) is 19.4 Å². The van der Waals surface area contributed by atoms with Gasteiger partial charge >= 0.3 is 7.25 Å². The highest BCUT2D eigenvalue weighted by Gasteiger charge is 2.31. The Bertz CT molecular complexity index is 1280. The second kappa shape index (κ2) is 10.1. The van der Waals surface area contributed by atoms with Crippen molar-refractivity contribution in [1.82, 2.24) is 0 Å². The molecule has 0 N–H and O–H groups in total. The summed E-state index contributed by atoms with van der Waals surface area (Å²) in [6.45, 7) is 4.84. The number of nitrogens with zero attached hydrogens (tertiary/aromatic N) is 1. The van der Waals surface area contributed by atoms with Gasteiger partial charge in [0.2, 0.25) is 11.4 Å². The summed E-state index contributed by atoms with van der Waals surface area (Å²) in [5, 5.41) is 0. The van der Waals surface area contributed by atoms with Gasteiger partial charge in [-0.25, -0.2) is 0 Å². The molecule has 172 valence electrons. The van der Waals surface area contributed by atoms with Crippen molar-refractivity contribution in [2.24, 2.45) is 0 Å². The summed E-state index contributed by atoms with van der Waals surface area (Å²) in [5.74, 6) is 0. The minimum absolute atomic E-state index is 0.788. The molecule has 3 aromatic carbocycles. The van der Waals surface area contributed by atoms with Crippen LogP contribution in [0, 0.1) is 0 Å². The summed E-state index contributed by atoms with van der Waals surface area (Å²) in [7, 11) is -6.00. The van der Waals surface area contributed by atoms with E-state index in [-0.39, 0.29) is 0 Å². The SMILES string of the molecule is C=CC[n+]1c(-c2ccccc2)cc(-c2ccccc2)c2c1-c1ccccc1CC2.F[B-](F)(F)F. The average Bonchev–Trinajstić information content (AvgIpc) is 2.84. The standard InChI is InChI=1S/C28H24N.BF4/c1-2-19-29-27(23-14-7-4-8-15-23)20-26(21-11-5-3-6-12-21)25-18-17-22-13-9-10-16-24(22)28(25)29;2-1(3,4)5/h2-16,20H,1,17-19H2;/q+1;-1. The van der Waals surface area contributed by atoms with Gasteiger partial charge in [-0.3, -0.25) is 0 Å². The maximum atomic E-state index is 9.75. The molecule has 0 saturated heterocycles. The van der Waals surface area contributed by atoms with Gasteiger partial charge in [-0.15, -0.1) is 0 Å². The molecule has 0 spiro atoms. The van der Waals surface area contributed by atoms with Gasteiger partial charge in [-0.05, 0) is 53.8 Å². The molecule has 0 radical (unpaired) electrons. The number of rotatable bonds is 4. The van der Waals surface area contributed by atoms with Crippen molar-refractivity contribution < 1.29 is 21.8 Å². The van der Waals surface area contributed by atoms with E-state index in [0.29, 0.717) is 0 Å². The van der Waals surface area contributed by atoms with Crippen molar-refractivity contribution in [1.29, 1.82) is 0 Å². The lowest BCUT2D eigenvalue weighted by atomic mass is 9.83. The number of aromatic nitrogens is 1. The highest BCUT2D eigenvalue weighted by Crippen LogP contribution is 2.39. The highest BCUT2D eigenvalue weighted by molar-refractivity contribution is 6.50. The lowest BCUT2D eigenvalue weighted by Crippen LogP contribution is -2.40. The van der Waals surface area contributed by atoms with E-state index in [1.807, 2.05) is 6.08 Å². The molecule has 0 amide bonds. The van der Waals surface area contributed by atoms with Crippen LogP contribution in [0.5, 0.6) is 0 Å². The second-order valence-corrected chi connectivity index (χ2v) is 8.05. The first-order chi connectivity index (χ1) is 16.4. The summed E-state index contributed by atoms with van der Waals surface area (Å²) in [6.07, 6.45) is 4.15. The van der Waals surface area contributed by atoms with E-state index in [4.69, 9.17) is 0 Å². The van der Waals surface area contributed by atoms with Crippen LogP contribution in [0.2, 0.25) is 0 Å². The molecule has 1 aliphatic rings. The van der Waals surface area contributed by atoms with E-state index >= 15 is 0 Å². The molecular formula is C28H24BF4N. The molecular weight excluding hydrogens is 437 g/mol. The predicted octanol–water partition coefficient (Wildman–Crippen LogP) is 7.56. The Labute approximate surface area is 197 Å². The lowest BCUT2D eigenvalue weighted by Gasteiger charge is -2.22. The van der Waals surface area contributed by atoms with Crippen LogP contribution in [0.3, 0.4) is 0 Å². The quantitative estimate of drug-likeness (QED) is 0.128.